The first kappa shape index (κ1) is 14.0. The lowest BCUT2D eigenvalue weighted by molar-refractivity contribution is -0.148. The van der Waals surface area contributed by atoms with Crippen LogP contribution < -0.4 is 5.32 Å². The predicted octanol–water partition coefficient (Wildman–Crippen LogP) is 2.06. The molecule has 6 heteroatoms. The Morgan fingerprint density at radius 2 is 1.94 bits per heavy atom. The highest BCUT2D eigenvalue weighted by molar-refractivity contribution is 6.76. The molecule has 0 aromatic rings. The fourth-order valence-electron chi connectivity index (χ4n) is 1.60. The minimum Gasteiger partial charge on any atom is -0.480 e. The standard InChI is InChI=1S/C11H21NO4Si/c1-17(2,3)8-7-16-10(15)12-11(9(13)14)5-4-6-11/h4-8H2,1-3H3,(H,12,15)(H,13,14). The molecule has 5 nitrogen and oxygen atoms in total. The molecule has 0 aromatic heterocycles. The molecule has 1 rings (SSSR count). The molecule has 1 saturated carbocycles. The van der Waals surface area contributed by atoms with Crippen molar-refractivity contribution >= 4 is 20.1 Å². The second kappa shape index (κ2) is 5.08. The number of hydrogen-bond donors (Lipinski definition) is 2. The van der Waals surface area contributed by atoms with Crippen LogP contribution in [0.1, 0.15) is 19.3 Å². The molecule has 0 saturated heterocycles. The Hall–Kier alpha value is -1.04. The normalized spacial score (nSPS) is 18.1. The molecule has 17 heavy (non-hydrogen) atoms. The lowest BCUT2D eigenvalue weighted by Gasteiger charge is -2.37. The number of aliphatic carboxylic acids is 1. The highest BCUT2D eigenvalue weighted by Crippen LogP contribution is 2.32. The number of hydrogen-bond acceptors (Lipinski definition) is 3. The Morgan fingerprint density at radius 3 is 2.29 bits per heavy atom. The number of carbonyl (C=O) groups excluding carboxylic acids is 1. The molecular formula is C11H21NO4Si. The summed E-state index contributed by atoms with van der Waals surface area (Å²) in [5.74, 6) is -0.967. The molecule has 0 spiro atoms. The monoisotopic (exact) mass is 259 g/mol. The Kier molecular flexibility index (Phi) is 4.19. The molecule has 0 atom stereocenters. The lowest BCUT2D eigenvalue weighted by Crippen LogP contribution is -2.59. The summed E-state index contributed by atoms with van der Waals surface area (Å²) in [6.07, 6.45) is 1.21. The third-order valence-corrected chi connectivity index (χ3v) is 4.75. The minimum atomic E-state index is -1.22. The van der Waals surface area contributed by atoms with Gasteiger partial charge in [-0.1, -0.05) is 19.6 Å². The maximum absolute atomic E-state index is 11.5. The number of carbonyl (C=O) groups is 2. The van der Waals surface area contributed by atoms with E-state index in [1.807, 2.05) is 0 Å². The van der Waals surface area contributed by atoms with Crippen LogP contribution in [-0.4, -0.2) is 37.4 Å². The Labute approximate surface area is 103 Å². The third kappa shape index (κ3) is 4.03. The number of nitrogens with one attached hydrogen (secondary N) is 1. The summed E-state index contributed by atoms with van der Waals surface area (Å²) in [5, 5.41) is 11.5. The van der Waals surface area contributed by atoms with Gasteiger partial charge in [-0.25, -0.2) is 9.59 Å². The maximum Gasteiger partial charge on any atom is 0.408 e. The van der Waals surface area contributed by atoms with Crippen LogP contribution in [0.3, 0.4) is 0 Å². The van der Waals surface area contributed by atoms with Crippen molar-refractivity contribution in [3.05, 3.63) is 0 Å². The van der Waals surface area contributed by atoms with Crippen molar-refractivity contribution in [2.45, 2.75) is 50.5 Å². The predicted molar refractivity (Wildman–Crippen MR) is 66.9 cm³/mol. The van der Waals surface area contributed by atoms with Gasteiger partial charge in [0.05, 0.1) is 6.61 Å². The molecular weight excluding hydrogens is 238 g/mol. The number of alkyl carbamates (subject to hydrolysis) is 1. The van der Waals surface area contributed by atoms with Gasteiger partial charge in [-0.05, 0) is 25.3 Å². The van der Waals surface area contributed by atoms with Gasteiger partial charge in [0.1, 0.15) is 5.54 Å². The highest BCUT2D eigenvalue weighted by Gasteiger charge is 2.46. The van der Waals surface area contributed by atoms with E-state index >= 15 is 0 Å². The Morgan fingerprint density at radius 1 is 1.35 bits per heavy atom. The molecule has 0 radical (unpaired) electrons. The smallest absolute Gasteiger partial charge is 0.408 e. The van der Waals surface area contributed by atoms with E-state index in [1.54, 1.807) is 0 Å². The van der Waals surface area contributed by atoms with Crippen LogP contribution in [0.2, 0.25) is 25.7 Å². The van der Waals surface area contributed by atoms with E-state index in [-0.39, 0.29) is 0 Å². The number of amides is 1. The molecule has 0 aliphatic heterocycles. The molecule has 1 aliphatic carbocycles. The Bertz CT molecular complexity index is 307. The van der Waals surface area contributed by atoms with Gasteiger partial charge in [0.25, 0.3) is 0 Å². The van der Waals surface area contributed by atoms with Crippen molar-refractivity contribution < 1.29 is 19.4 Å². The average Bonchev–Trinajstić information content (AvgIpc) is 2.08. The molecule has 0 unspecified atom stereocenters. The van der Waals surface area contributed by atoms with Gasteiger partial charge in [0.15, 0.2) is 0 Å². The van der Waals surface area contributed by atoms with E-state index in [2.05, 4.69) is 25.0 Å². The van der Waals surface area contributed by atoms with Gasteiger partial charge in [-0.15, -0.1) is 0 Å². The zero-order chi connectivity index (χ0) is 13.1. The van der Waals surface area contributed by atoms with Crippen LogP contribution in [0, 0.1) is 0 Å². The van der Waals surface area contributed by atoms with Gasteiger partial charge >= 0.3 is 12.1 Å². The molecule has 2 N–H and O–H groups in total. The van der Waals surface area contributed by atoms with Crippen LogP contribution >= 0.6 is 0 Å². The summed E-state index contributed by atoms with van der Waals surface area (Å²) < 4.78 is 5.02. The van der Waals surface area contributed by atoms with Crippen molar-refractivity contribution in [3.8, 4) is 0 Å². The minimum absolute atomic E-state index is 0.372. The van der Waals surface area contributed by atoms with Gasteiger partial charge in [0, 0.05) is 8.07 Å². The molecule has 0 aromatic carbocycles. The van der Waals surface area contributed by atoms with Crippen molar-refractivity contribution in [1.29, 1.82) is 0 Å². The zero-order valence-corrected chi connectivity index (χ0v) is 11.7. The van der Waals surface area contributed by atoms with Gasteiger partial charge < -0.3 is 15.2 Å². The Balaban J connectivity index is 2.32. The molecule has 0 bridgehead atoms. The first-order valence-corrected chi connectivity index (χ1v) is 9.64. The SMILES string of the molecule is C[Si](C)(C)CCOC(=O)NC1(C(=O)O)CCC1. The molecule has 1 aliphatic rings. The first-order chi connectivity index (χ1) is 7.75. The van der Waals surface area contributed by atoms with E-state index in [4.69, 9.17) is 9.84 Å². The van der Waals surface area contributed by atoms with E-state index in [1.165, 1.54) is 0 Å². The molecule has 0 heterocycles. The summed E-state index contributed by atoms with van der Waals surface area (Å²) in [6.45, 7) is 6.95. The molecule has 98 valence electrons. The fourth-order valence-corrected chi connectivity index (χ4v) is 2.32. The van der Waals surface area contributed by atoms with Crippen LogP contribution in [-0.2, 0) is 9.53 Å². The quantitative estimate of drug-likeness (QED) is 0.741. The van der Waals surface area contributed by atoms with Crippen LogP contribution in [0.15, 0.2) is 0 Å². The average molecular weight is 259 g/mol. The lowest BCUT2D eigenvalue weighted by atomic mass is 9.77. The topological polar surface area (TPSA) is 75.6 Å². The highest BCUT2D eigenvalue weighted by atomic mass is 28.3. The van der Waals surface area contributed by atoms with Crippen molar-refractivity contribution in [3.63, 3.8) is 0 Å². The van der Waals surface area contributed by atoms with E-state index in [9.17, 15) is 9.59 Å². The number of carboxylic acids is 1. The van der Waals surface area contributed by atoms with E-state index in [0.29, 0.717) is 19.4 Å². The summed E-state index contributed by atoms with van der Waals surface area (Å²) in [4.78, 5) is 22.5. The van der Waals surface area contributed by atoms with E-state index in [0.717, 1.165) is 12.5 Å². The van der Waals surface area contributed by atoms with Crippen molar-refractivity contribution in [1.82, 2.24) is 5.32 Å². The molecule has 1 fully saturated rings. The number of ether oxygens (including phenoxy) is 1. The van der Waals surface area contributed by atoms with E-state index < -0.39 is 25.7 Å². The fraction of sp³-hybridized carbons (Fsp3) is 0.818. The maximum atomic E-state index is 11.5. The van der Waals surface area contributed by atoms with Crippen LogP contribution in [0.4, 0.5) is 4.79 Å². The summed E-state index contributed by atoms with van der Waals surface area (Å²) >= 11 is 0. The van der Waals surface area contributed by atoms with Crippen molar-refractivity contribution in [2.24, 2.45) is 0 Å². The first-order valence-electron chi connectivity index (χ1n) is 5.94. The van der Waals surface area contributed by atoms with Crippen LogP contribution in [0.25, 0.3) is 0 Å². The zero-order valence-electron chi connectivity index (χ0n) is 10.7. The van der Waals surface area contributed by atoms with Gasteiger partial charge in [-0.3, -0.25) is 0 Å². The third-order valence-electron chi connectivity index (χ3n) is 3.04. The number of carboxylic acid groups (broad SMARTS) is 1. The number of rotatable bonds is 5. The second-order valence-corrected chi connectivity index (χ2v) is 11.4. The second-order valence-electron chi connectivity index (χ2n) is 5.81. The molecule has 1 amide bonds. The largest absolute Gasteiger partial charge is 0.480 e. The van der Waals surface area contributed by atoms with Gasteiger partial charge in [-0.2, -0.15) is 0 Å². The van der Waals surface area contributed by atoms with Crippen molar-refractivity contribution in [2.75, 3.05) is 6.61 Å². The summed E-state index contributed by atoms with van der Waals surface area (Å²) in [7, 11) is -1.22. The summed E-state index contributed by atoms with van der Waals surface area (Å²) in [5.41, 5.74) is -1.07. The van der Waals surface area contributed by atoms with Crippen LogP contribution in [0.5, 0.6) is 0 Å². The summed E-state index contributed by atoms with van der Waals surface area (Å²) in [6, 6.07) is 0.889. The van der Waals surface area contributed by atoms with Gasteiger partial charge in [0.2, 0.25) is 0 Å².